The first-order chi connectivity index (χ1) is 13.4. The second-order valence-corrected chi connectivity index (χ2v) is 6.12. The van der Waals surface area contributed by atoms with E-state index >= 15 is 0 Å². The van der Waals surface area contributed by atoms with E-state index in [2.05, 4.69) is 20.8 Å². The molecule has 1 heterocycles. The van der Waals surface area contributed by atoms with Crippen LogP contribution in [0.2, 0.25) is 0 Å². The van der Waals surface area contributed by atoms with E-state index in [1.54, 1.807) is 7.05 Å². The molecule has 29 heavy (non-hydrogen) atoms. The molecule has 0 amide bonds. The maximum atomic E-state index is 12.8. The Morgan fingerprint density at radius 1 is 1.24 bits per heavy atom. The molecule has 2 N–H and O–H groups in total. The molecular formula is C19H26F3IN4O2. The molecule has 0 saturated carbocycles. The third kappa shape index (κ3) is 8.11. The molecule has 0 aliphatic heterocycles. The van der Waals surface area contributed by atoms with E-state index in [0.29, 0.717) is 31.2 Å². The quantitative estimate of drug-likeness (QED) is 0.303. The highest BCUT2D eigenvalue weighted by atomic mass is 127. The smallest absolute Gasteiger partial charge is 0.416 e. The van der Waals surface area contributed by atoms with Crippen LogP contribution < -0.4 is 15.4 Å². The van der Waals surface area contributed by atoms with E-state index in [1.807, 2.05) is 19.9 Å². The first-order valence-electron chi connectivity index (χ1n) is 9.08. The molecule has 1 aromatic heterocycles. The van der Waals surface area contributed by atoms with E-state index in [4.69, 9.17) is 9.26 Å². The highest BCUT2D eigenvalue weighted by Crippen LogP contribution is 2.31. The van der Waals surface area contributed by atoms with Gasteiger partial charge in [0.1, 0.15) is 11.9 Å². The number of rotatable bonds is 8. The number of hydrogen-bond donors (Lipinski definition) is 2. The fraction of sp³-hybridized carbons (Fsp3) is 0.474. The van der Waals surface area contributed by atoms with Gasteiger partial charge >= 0.3 is 6.18 Å². The SMILES string of the molecule is CCc1cc(CNC(=NC)NCC(CC)Oc2cccc(C(F)(F)F)c2)on1.I. The summed E-state index contributed by atoms with van der Waals surface area (Å²) < 4.78 is 49.4. The topological polar surface area (TPSA) is 71.7 Å². The summed E-state index contributed by atoms with van der Waals surface area (Å²) in [6.07, 6.45) is -3.31. The molecule has 2 aromatic rings. The molecule has 0 aliphatic rings. The second-order valence-electron chi connectivity index (χ2n) is 6.12. The molecule has 0 fully saturated rings. The molecule has 6 nitrogen and oxygen atoms in total. The third-order valence-corrected chi connectivity index (χ3v) is 4.04. The zero-order valence-electron chi connectivity index (χ0n) is 16.5. The second kappa shape index (κ2) is 11.9. The van der Waals surface area contributed by atoms with E-state index in [-0.39, 0.29) is 35.8 Å². The van der Waals surface area contributed by atoms with Gasteiger partial charge in [0.05, 0.1) is 24.3 Å². The standard InChI is InChI=1S/C19H25F3N4O2.HI/c1-4-14-10-17(28-26-14)12-25-18(23-3)24-11-15(5-2)27-16-8-6-7-13(9-16)19(20,21)22;/h6-10,15H,4-5,11-12H2,1-3H3,(H2,23,24,25);1H. The number of hydrogen-bond acceptors (Lipinski definition) is 4. The van der Waals surface area contributed by atoms with Crippen molar-refractivity contribution in [3.05, 3.63) is 47.3 Å². The van der Waals surface area contributed by atoms with Gasteiger partial charge in [0.2, 0.25) is 0 Å². The fourth-order valence-corrected chi connectivity index (χ4v) is 2.42. The lowest BCUT2D eigenvalue weighted by Gasteiger charge is -2.20. The van der Waals surface area contributed by atoms with Gasteiger partial charge in [-0.25, -0.2) is 0 Å². The highest BCUT2D eigenvalue weighted by molar-refractivity contribution is 14.0. The lowest BCUT2D eigenvalue weighted by atomic mass is 10.2. The van der Waals surface area contributed by atoms with Crippen molar-refractivity contribution < 1.29 is 22.4 Å². The van der Waals surface area contributed by atoms with Crippen molar-refractivity contribution in [3.63, 3.8) is 0 Å². The van der Waals surface area contributed by atoms with Gasteiger partial charge in [-0.3, -0.25) is 4.99 Å². The maximum Gasteiger partial charge on any atom is 0.416 e. The molecule has 0 aliphatic carbocycles. The minimum atomic E-state index is -4.40. The number of nitrogens with zero attached hydrogens (tertiary/aromatic N) is 2. The summed E-state index contributed by atoms with van der Waals surface area (Å²) >= 11 is 0. The minimum absolute atomic E-state index is 0. The van der Waals surface area contributed by atoms with E-state index in [0.717, 1.165) is 24.2 Å². The summed E-state index contributed by atoms with van der Waals surface area (Å²) in [4.78, 5) is 4.12. The number of guanidine groups is 1. The van der Waals surface area contributed by atoms with Gasteiger partial charge in [0.25, 0.3) is 0 Å². The van der Waals surface area contributed by atoms with Gasteiger partial charge in [-0.05, 0) is 31.0 Å². The number of ether oxygens (including phenoxy) is 1. The lowest BCUT2D eigenvalue weighted by molar-refractivity contribution is -0.137. The number of aryl methyl sites for hydroxylation is 1. The van der Waals surface area contributed by atoms with Crippen molar-refractivity contribution >= 4 is 29.9 Å². The van der Waals surface area contributed by atoms with Crippen LogP contribution in [0.1, 0.15) is 37.3 Å². The number of benzene rings is 1. The largest absolute Gasteiger partial charge is 0.489 e. The van der Waals surface area contributed by atoms with Crippen LogP contribution >= 0.6 is 24.0 Å². The van der Waals surface area contributed by atoms with Crippen LogP contribution in [0.4, 0.5) is 13.2 Å². The summed E-state index contributed by atoms with van der Waals surface area (Å²) in [5, 5.41) is 10.1. The normalized spacial score (nSPS) is 12.8. The number of aromatic nitrogens is 1. The van der Waals surface area contributed by atoms with Gasteiger partial charge in [-0.1, -0.05) is 25.1 Å². The third-order valence-electron chi connectivity index (χ3n) is 4.04. The average molecular weight is 526 g/mol. The van der Waals surface area contributed by atoms with Crippen LogP contribution in [-0.4, -0.2) is 30.8 Å². The van der Waals surface area contributed by atoms with Crippen LogP contribution in [0.5, 0.6) is 5.75 Å². The highest BCUT2D eigenvalue weighted by Gasteiger charge is 2.30. The Morgan fingerprint density at radius 3 is 2.59 bits per heavy atom. The van der Waals surface area contributed by atoms with Crippen molar-refractivity contribution in [2.45, 2.75) is 45.5 Å². The van der Waals surface area contributed by atoms with Gasteiger partial charge in [0.15, 0.2) is 11.7 Å². The lowest BCUT2D eigenvalue weighted by Crippen LogP contribution is -2.42. The van der Waals surface area contributed by atoms with Crippen LogP contribution in [0.25, 0.3) is 0 Å². The van der Waals surface area contributed by atoms with Gasteiger partial charge in [-0.2, -0.15) is 13.2 Å². The Labute approximate surface area is 185 Å². The Kier molecular flexibility index (Phi) is 10.3. The van der Waals surface area contributed by atoms with Crippen LogP contribution in [0, 0.1) is 0 Å². The first-order valence-corrected chi connectivity index (χ1v) is 9.08. The zero-order chi connectivity index (χ0) is 20.6. The molecular weight excluding hydrogens is 500 g/mol. The molecule has 10 heteroatoms. The zero-order valence-corrected chi connectivity index (χ0v) is 18.9. The molecule has 0 spiro atoms. The van der Waals surface area contributed by atoms with Crippen molar-refractivity contribution in [1.82, 2.24) is 15.8 Å². The first kappa shape index (κ1) is 25.1. The van der Waals surface area contributed by atoms with E-state index < -0.39 is 11.7 Å². The molecule has 1 atom stereocenters. The summed E-state index contributed by atoms with van der Waals surface area (Å²) in [7, 11) is 1.63. The van der Waals surface area contributed by atoms with Crippen molar-refractivity contribution in [3.8, 4) is 5.75 Å². The van der Waals surface area contributed by atoms with Gasteiger partial charge in [-0.15, -0.1) is 24.0 Å². The molecule has 0 saturated heterocycles. The van der Waals surface area contributed by atoms with Gasteiger partial charge < -0.3 is 19.9 Å². The van der Waals surface area contributed by atoms with Crippen molar-refractivity contribution in [2.75, 3.05) is 13.6 Å². The van der Waals surface area contributed by atoms with E-state index in [1.165, 1.54) is 12.1 Å². The molecule has 1 unspecified atom stereocenters. The van der Waals surface area contributed by atoms with Crippen molar-refractivity contribution in [1.29, 1.82) is 0 Å². The van der Waals surface area contributed by atoms with Crippen LogP contribution in [-0.2, 0) is 19.1 Å². The van der Waals surface area contributed by atoms with Crippen LogP contribution in [0.15, 0.2) is 39.8 Å². The monoisotopic (exact) mass is 526 g/mol. The Balaban J connectivity index is 0.00000420. The average Bonchev–Trinajstić information content (AvgIpc) is 3.14. The minimum Gasteiger partial charge on any atom is -0.489 e. The molecule has 0 bridgehead atoms. The fourth-order valence-electron chi connectivity index (χ4n) is 2.42. The van der Waals surface area contributed by atoms with E-state index in [9.17, 15) is 13.2 Å². The Bertz CT molecular complexity index is 781. The predicted molar refractivity (Wildman–Crippen MR) is 116 cm³/mol. The van der Waals surface area contributed by atoms with Crippen molar-refractivity contribution in [2.24, 2.45) is 4.99 Å². The summed E-state index contributed by atoms with van der Waals surface area (Å²) in [6.45, 7) is 4.68. The number of halogens is 4. The Morgan fingerprint density at radius 2 is 2.00 bits per heavy atom. The molecule has 1 aromatic carbocycles. The molecule has 2 rings (SSSR count). The van der Waals surface area contributed by atoms with Gasteiger partial charge in [0, 0.05) is 13.1 Å². The maximum absolute atomic E-state index is 12.8. The predicted octanol–water partition coefficient (Wildman–Crippen LogP) is 4.40. The summed E-state index contributed by atoms with van der Waals surface area (Å²) in [6, 6.07) is 6.74. The number of aliphatic imine (C=N–C) groups is 1. The number of alkyl halides is 3. The Hall–Kier alpha value is -1.98. The molecule has 162 valence electrons. The van der Waals surface area contributed by atoms with Crippen LogP contribution in [0.3, 0.4) is 0 Å². The summed E-state index contributed by atoms with van der Waals surface area (Å²) in [5.41, 5.74) is 0.143. The molecule has 0 radical (unpaired) electrons. The number of nitrogens with one attached hydrogen (secondary N) is 2. The summed E-state index contributed by atoms with van der Waals surface area (Å²) in [5.74, 6) is 1.40.